The topological polar surface area (TPSA) is 173 Å². The third-order valence-corrected chi connectivity index (χ3v) is 12.7. The van der Waals surface area contributed by atoms with Crippen LogP contribution in [0.25, 0.3) is 0 Å². The minimum Gasteiger partial charge on any atom is -0.361 e. The Bertz CT molecular complexity index is 2340. The average Bonchev–Trinajstić information content (AvgIpc) is 3.74. The number of thiazole rings is 1. The summed E-state index contributed by atoms with van der Waals surface area (Å²) in [6, 6.07) is 8.60. The summed E-state index contributed by atoms with van der Waals surface area (Å²) >= 11 is 7.52. The molecule has 3 unspecified atom stereocenters. The van der Waals surface area contributed by atoms with Crippen LogP contribution in [-0.4, -0.2) is 105 Å². The van der Waals surface area contributed by atoms with Crippen molar-refractivity contribution < 1.29 is 28.4 Å². The number of rotatable bonds is 9. The Balaban J connectivity index is 0.859. The SMILES string of the molecule is Cc1nc(Nc2ncc(C(=O)Nc3c(C)cccc3Cl)s2)cc(N2CCC(CN3CC(C)N(c4cc5c(cc4F)C(=O)N(C4CCC(=O)NC4=O)C5=O)C(C)C3)CC2)n1. The van der Waals surface area contributed by atoms with E-state index in [2.05, 4.69) is 35.7 Å². The van der Waals surface area contributed by atoms with Gasteiger partial charge in [-0.1, -0.05) is 35.1 Å². The molecule has 4 aliphatic heterocycles. The van der Waals surface area contributed by atoms with E-state index >= 15 is 4.39 Å². The van der Waals surface area contributed by atoms with Crippen LogP contribution in [0.1, 0.15) is 81.3 Å². The van der Waals surface area contributed by atoms with Crippen molar-refractivity contribution in [1.29, 1.82) is 0 Å². The molecule has 308 valence electrons. The third-order valence-electron chi connectivity index (χ3n) is 11.5. The smallest absolute Gasteiger partial charge is 0.267 e. The molecule has 3 fully saturated rings. The zero-order chi connectivity index (χ0) is 41.7. The number of nitrogens with one attached hydrogen (secondary N) is 3. The van der Waals surface area contributed by atoms with Crippen molar-refractivity contribution >= 4 is 80.6 Å². The average molecular weight is 843 g/mol. The van der Waals surface area contributed by atoms with Gasteiger partial charge < -0.3 is 20.4 Å². The van der Waals surface area contributed by atoms with Crippen molar-refractivity contribution in [3.8, 4) is 0 Å². The molecule has 4 aromatic rings. The molecule has 3 saturated heterocycles. The number of imide groups is 2. The highest BCUT2D eigenvalue weighted by Gasteiger charge is 2.46. The van der Waals surface area contributed by atoms with E-state index in [1.54, 1.807) is 6.07 Å². The van der Waals surface area contributed by atoms with Crippen molar-refractivity contribution in [1.82, 2.24) is 30.1 Å². The predicted octanol–water partition coefficient (Wildman–Crippen LogP) is 5.56. The number of anilines is 5. The van der Waals surface area contributed by atoms with E-state index in [4.69, 9.17) is 16.6 Å². The fourth-order valence-electron chi connectivity index (χ4n) is 8.73. The first-order valence-corrected chi connectivity index (χ1v) is 20.9. The van der Waals surface area contributed by atoms with Gasteiger partial charge in [0.2, 0.25) is 11.8 Å². The number of nitrogens with zero attached hydrogens (tertiary/aromatic N) is 7. The zero-order valence-electron chi connectivity index (χ0n) is 33.1. The number of aromatic nitrogens is 3. The fraction of sp³-hybridized carbons (Fsp3) is 0.415. The van der Waals surface area contributed by atoms with Gasteiger partial charge in [0.15, 0.2) is 5.13 Å². The van der Waals surface area contributed by atoms with Crippen LogP contribution in [0, 0.1) is 25.6 Å². The summed E-state index contributed by atoms with van der Waals surface area (Å²) in [5, 5.41) is 9.30. The van der Waals surface area contributed by atoms with E-state index in [9.17, 15) is 24.0 Å². The number of carbonyl (C=O) groups is 5. The lowest BCUT2D eigenvalue weighted by molar-refractivity contribution is -0.136. The molecule has 15 nitrogen and oxygen atoms in total. The lowest BCUT2D eigenvalue weighted by Gasteiger charge is -2.47. The van der Waals surface area contributed by atoms with Gasteiger partial charge in [0, 0.05) is 57.3 Å². The Labute approximate surface area is 349 Å². The summed E-state index contributed by atoms with van der Waals surface area (Å²) in [5.41, 5.74) is 1.67. The monoisotopic (exact) mass is 842 g/mol. The van der Waals surface area contributed by atoms with Crippen LogP contribution in [0.4, 0.5) is 32.5 Å². The molecule has 3 atom stereocenters. The van der Waals surface area contributed by atoms with Gasteiger partial charge in [-0.2, -0.15) is 0 Å². The summed E-state index contributed by atoms with van der Waals surface area (Å²) in [4.78, 5) is 85.5. The van der Waals surface area contributed by atoms with Crippen LogP contribution >= 0.6 is 22.9 Å². The minimum absolute atomic E-state index is 0.00886. The number of benzene rings is 2. The Morgan fingerprint density at radius 1 is 0.983 bits per heavy atom. The number of carbonyl (C=O) groups excluding carboxylic acids is 5. The molecule has 4 aliphatic rings. The van der Waals surface area contributed by atoms with Crippen LogP contribution in [0.15, 0.2) is 42.6 Å². The van der Waals surface area contributed by atoms with Crippen molar-refractivity contribution in [2.45, 2.75) is 71.5 Å². The Morgan fingerprint density at radius 2 is 1.69 bits per heavy atom. The van der Waals surface area contributed by atoms with Gasteiger partial charge in [-0.05, 0) is 76.6 Å². The molecule has 6 heterocycles. The number of amides is 5. The van der Waals surface area contributed by atoms with Crippen molar-refractivity contribution in [3.63, 3.8) is 0 Å². The van der Waals surface area contributed by atoms with Gasteiger partial charge in [0.1, 0.15) is 34.2 Å². The molecule has 0 bridgehead atoms. The molecule has 2 aromatic carbocycles. The highest BCUT2D eigenvalue weighted by atomic mass is 35.5. The van der Waals surface area contributed by atoms with Gasteiger partial charge in [0.05, 0.1) is 33.7 Å². The van der Waals surface area contributed by atoms with Gasteiger partial charge in [-0.15, -0.1) is 0 Å². The summed E-state index contributed by atoms with van der Waals surface area (Å²) in [5.74, 6) is -0.989. The highest BCUT2D eigenvalue weighted by Crippen LogP contribution is 2.36. The molecular weight excluding hydrogens is 799 g/mol. The molecule has 3 N–H and O–H groups in total. The maximum Gasteiger partial charge on any atom is 0.267 e. The number of piperidine rings is 2. The van der Waals surface area contributed by atoms with Crippen LogP contribution in [0.2, 0.25) is 5.02 Å². The van der Waals surface area contributed by atoms with Gasteiger partial charge in [-0.3, -0.25) is 39.1 Å². The van der Waals surface area contributed by atoms with Crippen LogP contribution in [0.5, 0.6) is 0 Å². The highest BCUT2D eigenvalue weighted by molar-refractivity contribution is 7.17. The van der Waals surface area contributed by atoms with Crippen molar-refractivity contribution in [2.24, 2.45) is 5.92 Å². The molecule has 0 saturated carbocycles. The number of hydrogen-bond acceptors (Lipinski definition) is 13. The zero-order valence-corrected chi connectivity index (χ0v) is 34.6. The third kappa shape index (κ3) is 8.10. The summed E-state index contributed by atoms with van der Waals surface area (Å²) in [6.07, 6.45) is 3.49. The Morgan fingerprint density at radius 3 is 2.39 bits per heavy atom. The maximum absolute atomic E-state index is 15.8. The first kappa shape index (κ1) is 40.3. The number of hydrogen-bond donors (Lipinski definition) is 3. The minimum atomic E-state index is -1.11. The van der Waals surface area contributed by atoms with Crippen LogP contribution < -0.4 is 25.8 Å². The van der Waals surface area contributed by atoms with Crippen LogP contribution in [0.3, 0.4) is 0 Å². The predicted molar refractivity (Wildman–Crippen MR) is 222 cm³/mol. The second-order valence-electron chi connectivity index (χ2n) is 15.7. The van der Waals surface area contributed by atoms with E-state index in [0.717, 1.165) is 54.8 Å². The molecule has 0 radical (unpaired) electrons. The number of piperazine rings is 1. The van der Waals surface area contributed by atoms with Crippen molar-refractivity contribution in [2.75, 3.05) is 53.2 Å². The first-order valence-electron chi connectivity index (χ1n) is 19.7. The lowest BCUT2D eigenvalue weighted by Crippen LogP contribution is -2.58. The number of para-hydroxylation sites is 1. The van der Waals surface area contributed by atoms with E-state index < -0.39 is 35.5 Å². The summed E-state index contributed by atoms with van der Waals surface area (Å²) in [6.45, 7) is 11.7. The fourth-order valence-corrected chi connectivity index (χ4v) is 9.72. The Hall–Kier alpha value is -5.52. The van der Waals surface area contributed by atoms with Gasteiger partial charge in [0.25, 0.3) is 17.7 Å². The largest absolute Gasteiger partial charge is 0.361 e. The van der Waals surface area contributed by atoms with E-state index in [1.807, 2.05) is 50.8 Å². The molecule has 59 heavy (non-hydrogen) atoms. The summed E-state index contributed by atoms with van der Waals surface area (Å²) in [7, 11) is 0. The summed E-state index contributed by atoms with van der Waals surface area (Å²) < 4.78 is 15.8. The number of fused-ring (bicyclic) bond motifs is 1. The Kier molecular flexibility index (Phi) is 11.1. The molecule has 5 amide bonds. The van der Waals surface area contributed by atoms with E-state index in [0.29, 0.717) is 51.4 Å². The molecule has 8 rings (SSSR count). The van der Waals surface area contributed by atoms with Gasteiger partial charge in [-0.25, -0.2) is 19.3 Å². The molecule has 0 spiro atoms. The van der Waals surface area contributed by atoms with Crippen LogP contribution in [-0.2, 0) is 9.59 Å². The molecular formula is C41H44ClFN10O5S. The standard InChI is InChI=1S/C41H44ClFN10O5S/c1-21-6-5-7-28(42)36(21)49-38(56)32-17-44-41(59-32)47-33-16-34(46-24(4)45-33)51-12-10-25(11-13-51)20-50-18-22(2)52(23(3)19-50)31-15-27-26(14-29(31)43)39(57)53(40(27)58)30-8-9-35(54)48-37(30)55/h5-7,14-17,22-23,25,30H,8-13,18-20H2,1-4H3,(H,49,56)(H,48,54,55)(H,44,45,46,47). The second kappa shape index (κ2) is 16.3. The molecule has 18 heteroatoms. The second-order valence-corrected chi connectivity index (χ2v) is 17.2. The normalized spacial score (nSPS) is 21.5. The maximum atomic E-state index is 15.8. The molecule has 2 aromatic heterocycles. The molecule has 0 aliphatic carbocycles. The number of halogens is 2. The van der Waals surface area contributed by atoms with Crippen molar-refractivity contribution in [3.05, 3.63) is 80.8 Å². The lowest BCUT2D eigenvalue weighted by atomic mass is 9.94. The van der Waals surface area contributed by atoms with Gasteiger partial charge >= 0.3 is 0 Å². The number of aryl methyl sites for hydroxylation is 2. The first-order chi connectivity index (χ1) is 28.2. The quantitative estimate of drug-likeness (QED) is 0.180. The van der Waals surface area contributed by atoms with E-state index in [1.165, 1.54) is 23.6 Å². The van der Waals surface area contributed by atoms with E-state index in [-0.39, 0.29) is 47.6 Å².